The maximum absolute atomic E-state index is 12.0. The van der Waals surface area contributed by atoms with E-state index in [0.717, 1.165) is 5.56 Å². The zero-order chi connectivity index (χ0) is 13.0. The minimum Gasteiger partial charge on any atom is -0.370 e. The van der Waals surface area contributed by atoms with Gasteiger partial charge in [0.1, 0.15) is 6.10 Å². The maximum atomic E-state index is 12.0. The lowest BCUT2D eigenvalue weighted by Gasteiger charge is -2.33. The van der Waals surface area contributed by atoms with E-state index in [1.807, 2.05) is 42.2 Å². The minimum absolute atomic E-state index is 0. The lowest BCUT2D eigenvalue weighted by atomic mass is 10.1. The van der Waals surface area contributed by atoms with Crippen molar-refractivity contribution in [2.45, 2.75) is 25.5 Å². The fraction of sp³-hybridized carbons (Fsp3) is 0.500. The molecule has 1 fully saturated rings. The van der Waals surface area contributed by atoms with E-state index in [1.165, 1.54) is 0 Å². The van der Waals surface area contributed by atoms with Gasteiger partial charge in [0.25, 0.3) is 0 Å². The van der Waals surface area contributed by atoms with Crippen molar-refractivity contribution in [3.8, 4) is 0 Å². The molecular formula is C14H21ClN2O2. The average molecular weight is 285 g/mol. The Labute approximate surface area is 120 Å². The number of amides is 1. The number of nitrogens with two attached hydrogens (primary N) is 1. The molecule has 0 spiro atoms. The highest BCUT2D eigenvalue weighted by atomic mass is 35.5. The summed E-state index contributed by atoms with van der Waals surface area (Å²) in [6.07, 6.45) is 0.388. The second-order valence-electron chi connectivity index (χ2n) is 4.79. The Morgan fingerprint density at radius 1 is 1.47 bits per heavy atom. The summed E-state index contributed by atoms with van der Waals surface area (Å²) in [7, 11) is 0. The predicted molar refractivity (Wildman–Crippen MR) is 77.2 cm³/mol. The normalized spacial score (nSPS) is 20.5. The van der Waals surface area contributed by atoms with Crippen LogP contribution in [0.25, 0.3) is 0 Å². The lowest BCUT2D eigenvalue weighted by molar-refractivity contribution is -0.139. The molecule has 0 aromatic heterocycles. The van der Waals surface area contributed by atoms with Crippen LogP contribution >= 0.6 is 12.4 Å². The summed E-state index contributed by atoms with van der Waals surface area (Å²) >= 11 is 0. The second-order valence-corrected chi connectivity index (χ2v) is 4.79. The van der Waals surface area contributed by atoms with Gasteiger partial charge < -0.3 is 15.4 Å². The van der Waals surface area contributed by atoms with Gasteiger partial charge in [-0.3, -0.25) is 4.79 Å². The minimum atomic E-state index is -0.0875. The molecule has 0 radical (unpaired) electrons. The number of benzene rings is 1. The fourth-order valence-corrected chi connectivity index (χ4v) is 2.15. The van der Waals surface area contributed by atoms with Crippen molar-refractivity contribution in [2.75, 3.05) is 19.7 Å². The van der Waals surface area contributed by atoms with E-state index in [4.69, 9.17) is 10.5 Å². The molecular weight excluding hydrogens is 264 g/mol. The van der Waals surface area contributed by atoms with Crippen LogP contribution in [-0.4, -0.2) is 36.5 Å². The third-order valence-corrected chi connectivity index (χ3v) is 3.09. The Bertz CT molecular complexity index is 398. The number of hydrogen-bond donors (Lipinski definition) is 1. The molecule has 1 aliphatic heterocycles. The van der Waals surface area contributed by atoms with Gasteiger partial charge in [-0.15, -0.1) is 12.4 Å². The van der Waals surface area contributed by atoms with E-state index in [9.17, 15) is 4.79 Å². The lowest BCUT2D eigenvalue weighted by Crippen LogP contribution is -2.43. The van der Waals surface area contributed by atoms with Crippen LogP contribution in [0, 0.1) is 0 Å². The molecule has 0 aliphatic carbocycles. The van der Waals surface area contributed by atoms with Crippen LogP contribution in [0.4, 0.5) is 0 Å². The summed E-state index contributed by atoms with van der Waals surface area (Å²) in [5.41, 5.74) is 6.79. The highest BCUT2D eigenvalue weighted by Gasteiger charge is 2.25. The molecule has 2 unspecified atom stereocenters. The molecule has 0 bridgehead atoms. The maximum Gasteiger partial charge on any atom is 0.224 e. The highest BCUT2D eigenvalue weighted by molar-refractivity contribution is 5.85. The molecule has 5 heteroatoms. The summed E-state index contributed by atoms with van der Waals surface area (Å²) in [4.78, 5) is 13.8. The highest BCUT2D eigenvalue weighted by Crippen LogP contribution is 2.22. The molecule has 2 N–H and O–H groups in total. The molecule has 2 rings (SSSR count). The van der Waals surface area contributed by atoms with Gasteiger partial charge in [-0.2, -0.15) is 0 Å². The summed E-state index contributed by atoms with van der Waals surface area (Å²) in [6, 6.07) is 9.93. The first-order chi connectivity index (χ1) is 8.66. The number of halogens is 1. The molecule has 1 aliphatic rings. The van der Waals surface area contributed by atoms with Crippen LogP contribution in [0.3, 0.4) is 0 Å². The standard InChI is InChI=1S/C14H20N2O2.ClH/c1-11(15)9-14(17)16-7-8-18-13(10-16)12-5-3-2-4-6-12;/h2-6,11,13H,7-10,15H2,1H3;1H. The Morgan fingerprint density at radius 2 is 2.16 bits per heavy atom. The second kappa shape index (κ2) is 7.48. The van der Waals surface area contributed by atoms with Gasteiger partial charge in [0.15, 0.2) is 0 Å². The number of carbonyl (C=O) groups excluding carboxylic acids is 1. The van der Waals surface area contributed by atoms with E-state index < -0.39 is 0 Å². The molecule has 106 valence electrons. The van der Waals surface area contributed by atoms with Crippen LogP contribution < -0.4 is 5.73 Å². The molecule has 2 atom stereocenters. The summed E-state index contributed by atoms with van der Waals surface area (Å²) in [6.45, 7) is 3.72. The number of morpholine rings is 1. The van der Waals surface area contributed by atoms with Crippen LogP contribution in [0.1, 0.15) is 25.0 Å². The molecule has 1 aromatic rings. The molecule has 1 aromatic carbocycles. The molecule has 4 nitrogen and oxygen atoms in total. The summed E-state index contributed by atoms with van der Waals surface area (Å²) in [5.74, 6) is 0.120. The third kappa shape index (κ3) is 4.49. The molecule has 0 saturated carbocycles. The zero-order valence-electron chi connectivity index (χ0n) is 11.1. The SMILES string of the molecule is CC(N)CC(=O)N1CCOC(c2ccccc2)C1.Cl. The monoisotopic (exact) mass is 284 g/mol. The van der Waals surface area contributed by atoms with E-state index in [2.05, 4.69) is 0 Å². The molecule has 1 heterocycles. The smallest absolute Gasteiger partial charge is 0.224 e. The first kappa shape index (κ1) is 16.0. The average Bonchev–Trinajstić information content (AvgIpc) is 2.39. The Morgan fingerprint density at radius 3 is 2.79 bits per heavy atom. The van der Waals surface area contributed by atoms with Gasteiger partial charge in [-0.25, -0.2) is 0 Å². The first-order valence-corrected chi connectivity index (χ1v) is 6.36. The summed E-state index contributed by atoms with van der Waals surface area (Å²) < 4.78 is 5.72. The van der Waals surface area contributed by atoms with Gasteiger partial charge in [0.05, 0.1) is 13.2 Å². The van der Waals surface area contributed by atoms with Crippen LogP contribution in [-0.2, 0) is 9.53 Å². The van der Waals surface area contributed by atoms with Gasteiger partial charge >= 0.3 is 0 Å². The molecule has 1 saturated heterocycles. The Kier molecular flexibility index (Phi) is 6.28. The van der Waals surface area contributed by atoms with E-state index in [0.29, 0.717) is 26.1 Å². The fourth-order valence-electron chi connectivity index (χ4n) is 2.15. The van der Waals surface area contributed by atoms with Crippen molar-refractivity contribution in [3.05, 3.63) is 35.9 Å². The molecule has 1 amide bonds. The largest absolute Gasteiger partial charge is 0.370 e. The van der Waals surface area contributed by atoms with Crippen molar-refractivity contribution in [2.24, 2.45) is 5.73 Å². The van der Waals surface area contributed by atoms with Gasteiger partial charge in [0, 0.05) is 19.0 Å². The summed E-state index contributed by atoms with van der Waals surface area (Å²) in [5, 5.41) is 0. The first-order valence-electron chi connectivity index (χ1n) is 6.36. The van der Waals surface area contributed by atoms with E-state index in [1.54, 1.807) is 0 Å². The Hall–Kier alpha value is -1.10. The number of carbonyl (C=O) groups is 1. The predicted octanol–water partition coefficient (Wildman–Crippen LogP) is 1.75. The number of hydrogen-bond acceptors (Lipinski definition) is 3. The van der Waals surface area contributed by atoms with Crippen molar-refractivity contribution in [1.82, 2.24) is 4.90 Å². The molecule has 19 heavy (non-hydrogen) atoms. The van der Waals surface area contributed by atoms with Crippen molar-refractivity contribution < 1.29 is 9.53 Å². The van der Waals surface area contributed by atoms with Crippen LogP contribution in [0.15, 0.2) is 30.3 Å². The van der Waals surface area contributed by atoms with Crippen molar-refractivity contribution in [3.63, 3.8) is 0 Å². The number of ether oxygens (including phenoxy) is 1. The topological polar surface area (TPSA) is 55.6 Å². The zero-order valence-corrected chi connectivity index (χ0v) is 11.9. The van der Waals surface area contributed by atoms with Crippen LogP contribution in [0.2, 0.25) is 0 Å². The van der Waals surface area contributed by atoms with Gasteiger partial charge in [-0.1, -0.05) is 30.3 Å². The van der Waals surface area contributed by atoms with E-state index in [-0.39, 0.29) is 30.5 Å². The Balaban J connectivity index is 0.00000180. The third-order valence-electron chi connectivity index (χ3n) is 3.09. The van der Waals surface area contributed by atoms with Crippen molar-refractivity contribution in [1.29, 1.82) is 0 Å². The van der Waals surface area contributed by atoms with Gasteiger partial charge in [-0.05, 0) is 12.5 Å². The quantitative estimate of drug-likeness (QED) is 0.920. The van der Waals surface area contributed by atoms with Crippen LogP contribution in [0.5, 0.6) is 0 Å². The van der Waals surface area contributed by atoms with Gasteiger partial charge in [0.2, 0.25) is 5.91 Å². The van der Waals surface area contributed by atoms with E-state index >= 15 is 0 Å². The number of nitrogens with zero attached hydrogens (tertiary/aromatic N) is 1. The number of rotatable bonds is 3. The van der Waals surface area contributed by atoms with Crippen molar-refractivity contribution >= 4 is 18.3 Å².